The molecule has 2 rings (SSSR count). The van der Waals surface area contributed by atoms with Crippen LogP contribution in [0.2, 0.25) is 0 Å². The third-order valence-electron chi connectivity index (χ3n) is 2.51. The van der Waals surface area contributed by atoms with Gasteiger partial charge in [0.05, 0.1) is 0 Å². The SMILES string of the molecule is C1=C2/CC2CCCCC/1. The third-order valence-corrected chi connectivity index (χ3v) is 2.51. The minimum Gasteiger partial charge on any atom is -0.0850 e. The predicted octanol–water partition coefficient (Wildman–Crippen LogP) is 2.90. The van der Waals surface area contributed by atoms with E-state index in [0.717, 1.165) is 5.92 Å². The van der Waals surface area contributed by atoms with Gasteiger partial charge < -0.3 is 0 Å². The number of hydrogen-bond donors (Lipinski definition) is 0. The van der Waals surface area contributed by atoms with Crippen molar-refractivity contribution in [3.05, 3.63) is 11.6 Å². The van der Waals surface area contributed by atoms with Crippen LogP contribution in [0.1, 0.15) is 38.5 Å². The molecule has 0 heterocycles. The summed E-state index contributed by atoms with van der Waals surface area (Å²) in [5.74, 6) is 1.05. The Balaban J connectivity index is 1.97. The van der Waals surface area contributed by atoms with Crippen molar-refractivity contribution in [3.63, 3.8) is 0 Å². The Kier molecular flexibility index (Phi) is 1.33. The Labute approximate surface area is 57.0 Å². The van der Waals surface area contributed by atoms with Crippen LogP contribution in [0.3, 0.4) is 0 Å². The van der Waals surface area contributed by atoms with Crippen molar-refractivity contribution in [2.45, 2.75) is 38.5 Å². The maximum atomic E-state index is 2.48. The first-order valence-corrected chi connectivity index (χ1v) is 4.16. The summed E-state index contributed by atoms with van der Waals surface area (Å²) < 4.78 is 0. The van der Waals surface area contributed by atoms with E-state index in [-0.39, 0.29) is 0 Å². The average Bonchev–Trinajstić information content (AvgIpc) is 2.46. The van der Waals surface area contributed by atoms with Gasteiger partial charge in [-0.2, -0.15) is 0 Å². The molecule has 0 amide bonds. The summed E-state index contributed by atoms with van der Waals surface area (Å²) in [6.07, 6.45) is 11.2. The van der Waals surface area contributed by atoms with Gasteiger partial charge in [0, 0.05) is 0 Å². The molecule has 0 aliphatic heterocycles. The zero-order valence-electron chi connectivity index (χ0n) is 5.90. The van der Waals surface area contributed by atoms with Crippen molar-refractivity contribution >= 4 is 0 Å². The molecule has 0 radical (unpaired) electrons. The van der Waals surface area contributed by atoms with Crippen molar-refractivity contribution in [1.82, 2.24) is 0 Å². The highest BCUT2D eigenvalue weighted by Crippen LogP contribution is 2.43. The minimum absolute atomic E-state index is 1.05. The molecule has 2 aliphatic rings. The fourth-order valence-corrected chi connectivity index (χ4v) is 1.76. The van der Waals surface area contributed by atoms with Gasteiger partial charge in [0.25, 0.3) is 0 Å². The van der Waals surface area contributed by atoms with Gasteiger partial charge in [0.1, 0.15) is 0 Å². The van der Waals surface area contributed by atoms with Gasteiger partial charge >= 0.3 is 0 Å². The molecule has 1 saturated carbocycles. The topological polar surface area (TPSA) is 0 Å². The van der Waals surface area contributed by atoms with E-state index in [1.165, 1.54) is 38.5 Å². The number of hydrogen-bond acceptors (Lipinski definition) is 0. The van der Waals surface area contributed by atoms with Crippen molar-refractivity contribution < 1.29 is 0 Å². The molecule has 1 fully saturated rings. The fourth-order valence-electron chi connectivity index (χ4n) is 1.76. The number of rotatable bonds is 0. The van der Waals surface area contributed by atoms with Gasteiger partial charge in [-0.25, -0.2) is 0 Å². The molecule has 0 heteroatoms. The van der Waals surface area contributed by atoms with Crippen LogP contribution in [0, 0.1) is 5.92 Å². The number of fused-ring (bicyclic) bond motifs is 1. The van der Waals surface area contributed by atoms with Crippen molar-refractivity contribution in [1.29, 1.82) is 0 Å². The zero-order valence-corrected chi connectivity index (χ0v) is 5.90. The molecule has 0 nitrogen and oxygen atoms in total. The highest BCUT2D eigenvalue weighted by atomic mass is 14.3. The van der Waals surface area contributed by atoms with Crippen molar-refractivity contribution in [2.75, 3.05) is 0 Å². The van der Waals surface area contributed by atoms with Crippen molar-refractivity contribution in [3.8, 4) is 0 Å². The van der Waals surface area contributed by atoms with E-state index >= 15 is 0 Å². The first-order valence-electron chi connectivity index (χ1n) is 4.16. The van der Waals surface area contributed by atoms with Crippen molar-refractivity contribution in [2.24, 2.45) is 5.92 Å². The Hall–Kier alpha value is -0.260. The smallest absolute Gasteiger partial charge is 0.0166 e. The molecular formula is C9H14. The largest absolute Gasteiger partial charge is 0.0850 e. The summed E-state index contributed by atoms with van der Waals surface area (Å²) >= 11 is 0. The maximum Gasteiger partial charge on any atom is -0.0166 e. The van der Waals surface area contributed by atoms with E-state index in [1.54, 1.807) is 5.57 Å². The molecule has 50 valence electrons. The van der Waals surface area contributed by atoms with Gasteiger partial charge in [-0.1, -0.05) is 24.5 Å². The first-order chi connectivity index (χ1) is 4.47. The molecule has 1 atom stereocenters. The molecule has 0 N–H and O–H groups in total. The Morgan fingerprint density at radius 1 is 1.22 bits per heavy atom. The normalized spacial score (nSPS) is 39.6. The lowest BCUT2D eigenvalue weighted by Crippen LogP contribution is -1.82. The Bertz CT molecular complexity index is 133. The van der Waals surface area contributed by atoms with E-state index in [1.807, 2.05) is 0 Å². The Morgan fingerprint density at radius 3 is 3.22 bits per heavy atom. The molecular weight excluding hydrogens is 108 g/mol. The van der Waals surface area contributed by atoms with Crippen LogP contribution in [0.15, 0.2) is 11.6 Å². The standard InChI is InChI=1S/C9H14/c1-2-4-6-9-7-8(9)5-3-1/h5,9H,1-4,6-7H2/b8-5-. The molecule has 1 unspecified atom stereocenters. The summed E-state index contributed by atoms with van der Waals surface area (Å²) in [5.41, 5.74) is 1.77. The maximum absolute atomic E-state index is 2.48. The van der Waals surface area contributed by atoms with E-state index in [4.69, 9.17) is 0 Å². The summed E-state index contributed by atoms with van der Waals surface area (Å²) in [5, 5.41) is 0. The van der Waals surface area contributed by atoms with Crippen LogP contribution >= 0.6 is 0 Å². The van der Waals surface area contributed by atoms with Gasteiger partial charge in [-0.05, 0) is 31.6 Å². The van der Waals surface area contributed by atoms with E-state index in [0.29, 0.717) is 0 Å². The molecule has 0 spiro atoms. The highest BCUT2D eigenvalue weighted by molar-refractivity contribution is 5.23. The third kappa shape index (κ3) is 1.17. The fraction of sp³-hybridized carbons (Fsp3) is 0.778. The molecule has 2 aliphatic carbocycles. The van der Waals surface area contributed by atoms with Crippen LogP contribution in [-0.2, 0) is 0 Å². The molecule has 0 aromatic rings. The second-order valence-corrected chi connectivity index (χ2v) is 3.32. The van der Waals surface area contributed by atoms with Crippen LogP contribution < -0.4 is 0 Å². The second kappa shape index (κ2) is 2.17. The molecule has 0 aromatic heterocycles. The lowest BCUT2D eigenvalue weighted by molar-refractivity contribution is 0.606. The minimum atomic E-state index is 1.05. The predicted molar refractivity (Wildman–Crippen MR) is 39.3 cm³/mol. The number of allylic oxidation sites excluding steroid dienone is 2. The second-order valence-electron chi connectivity index (χ2n) is 3.32. The molecule has 0 bridgehead atoms. The zero-order chi connectivity index (χ0) is 6.10. The van der Waals surface area contributed by atoms with E-state index < -0.39 is 0 Å². The molecule has 0 aromatic carbocycles. The summed E-state index contributed by atoms with van der Waals surface area (Å²) in [6, 6.07) is 0. The van der Waals surface area contributed by atoms with Crippen LogP contribution in [0.25, 0.3) is 0 Å². The molecule has 9 heavy (non-hydrogen) atoms. The van der Waals surface area contributed by atoms with Gasteiger partial charge in [0.15, 0.2) is 0 Å². The molecule has 0 saturated heterocycles. The monoisotopic (exact) mass is 122 g/mol. The first kappa shape index (κ1) is 5.52. The Morgan fingerprint density at radius 2 is 2.22 bits per heavy atom. The summed E-state index contributed by atoms with van der Waals surface area (Å²) in [7, 11) is 0. The lowest BCUT2D eigenvalue weighted by Gasteiger charge is -1.99. The summed E-state index contributed by atoms with van der Waals surface area (Å²) in [6.45, 7) is 0. The average molecular weight is 122 g/mol. The van der Waals surface area contributed by atoms with Crippen LogP contribution in [0.5, 0.6) is 0 Å². The van der Waals surface area contributed by atoms with E-state index in [9.17, 15) is 0 Å². The summed E-state index contributed by atoms with van der Waals surface area (Å²) in [4.78, 5) is 0. The van der Waals surface area contributed by atoms with Gasteiger partial charge in [-0.15, -0.1) is 0 Å². The highest BCUT2D eigenvalue weighted by Gasteiger charge is 2.28. The van der Waals surface area contributed by atoms with E-state index in [2.05, 4.69) is 6.08 Å². The van der Waals surface area contributed by atoms with Gasteiger partial charge in [0.2, 0.25) is 0 Å². The van der Waals surface area contributed by atoms with Crippen LogP contribution in [0.4, 0.5) is 0 Å². The quantitative estimate of drug-likeness (QED) is 0.433. The lowest BCUT2D eigenvalue weighted by atomic mass is 10.1. The van der Waals surface area contributed by atoms with Crippen LogP contribution in [-0.4, -0.2) is 0 Å². The van der Waals surface area contributed by atoms with Gasteiger partial charge in [-0.3, -0.25) is 0 Å².